The summed E-state index contributed by atoms with van der Waals surface area (Å²) in [6, 6.07) is 25.3. The van der Waals surface area contributed by atoms with Crippen LogP contribution >= 0.6 is 0 Å². The zero-order chi connectivity index (χ0) is 15.8. The highest BCUT2D eigenvalue weighted by Gasteiger charge is 2.14. The average Bonchev–Trinajstić information content (AvgIpc) is 2.97. The van der Waals surface area contributed by atoms with Crippen molar-refractivity contribution in [3.05, 3.63) is 83.9 Å². The first-order valence-corrected chi connectivity index (χ1v) is 7.85. The normalized spacial score (nSPS) is 11.0. The lowest BCUT2D eigenvalue weighted by Gasteiger charge is -2.04. The molecule has 4 aromatic rings. The Morgan fingerprint density at radius 1 is 0.783 bits per heavy atom. The smallest absolute Gasteiger partial charge is 0.101 e. The van der Waals surface area contributed by atoms with E-state index < -0.39 is 0 Å². The number of fused-ring (bicyclic) bond motifs is 1. The molecule has 0 N–H and O–H groups in total. The fourth-order valence-corrected chi connectivity index (χ4v) is 3.10. The third-order valence-electron chi connectivity index (χ3n) is 4.20. The van der Waals surface area contributed by atoms with E-state index in [0.29, 0.717) is 0 Å². The molecule has 0 fully saturated rings. The van der Waals surface area contributed by atoms with Crippen molar-refractivity contribution in [3.8, 4) is 16.9 Å². The Hall–Kier alpha value is -2.87. The molecule has 2 heteroatoms. The lowest BCUT2D eigenvalue weighted by molar-refractivity contribution is 0.912. The fraction of sp³-hybridized carbons (Fsp3) is 0.0952. The van der Waals surface area contributed by atoms with Gasteiger partial charge in [0.05, 0.1) is 11.2 Å². The van der Waals surface area contributed by atoms with Crippen LogP contribution in [0.25, 0.3) is 27.8 Å². The fourth-order valence-electron chi connectivity index (χ4n) is 3.10. The van der Waals surface area contributed by atoms with E-state index in [1.165, 1.54) is 22.0 Å². The minimum absolute atomic E-state index is 1.04. The van der Waals surface area contributed by atoms with Crippen molar-refractivity contribution >= 4 is 10.9 Å². The van der Waals surface area contributed by atoms with Crippen LogP contribution < -0.4 is 0 Å². The third-order valence-corrected chi connectivity index (χ3v) is 4.20. The summed E-state index contributed by atoms with van der Waals surface area (Å²) in [7, 11) is 0. The van der Waals surface area contributed by atoms with Gasteiger partial charge in [-0.15, -0.1) is 0 Å². The van der Waals surface area contributed by atoms with Crippen LogP contribution in [0, 0.1) is 13.8 Å². The van der Waals surface area contributed by atoms with Gasteiger partial charge in [0.1, 0.15) is 5.69 Å². The summed E-state index contributed by atoms with van der Waals surface area (Å²) in [5.41, 5.74) is 6.95. The molecule has 0 aliphatic rings. The van der Waals surface area contributed by atoms with Crippen LogP contribution in [0.4, 0.5) is 0 Å². The average molecular weight is 298 g/mol. The van der Waals surface area contributed by atoms with Crippen molar-refractivity contribution in [2.45, 2.75) is 13.8 Å². The number of hydrogen-bond acceptors (Lipinski definition) is 1. The lowest BCUT2D eigenvalue weighted by atomic mass is 10.0. The predicted octanol–water partition coefficient (Wildman–Crippen LogP) is 5.31. The Morgan fingerprint density at radius 2 is 1.57 bits per heavy atom. The zero-order valence-corrected chi connectivity index (χ0v) is 13.3. The van der Waals surface area contributed by atoms with E-state index >= 15 is 0 Å². The quantitative estimate of drug-likeness (QED) is 0.490. The Morgan fingerprint density at radius 3 is 2.35 bits per heavy atom. The number of benzene rings is 3. The molecule has 0 unspecified atom stereocenters. The highest BCUT2D eigenvalue weighted by atomic mass is 15.3. The predicted molar refractivity (Wildman–Crippen MR) is 96.0 cm³/mol. The Labute approximate surface area is 136 Å². The van der Waals surface area contributed by atoms with Gasteiger partial charge in [-0.25, -0.2) is 4.68 Å². The summed E-state index contributed by atoms with van der Waals surface area (Å²) in [5.74, 6) is 0. The zero-order valence-electron chi connectivity index (χ0n) is 13.3. The third kappa shape index (κ3) is 2.33. The number of rotatable bonds is 2. The van der Waals surface area contributed by atoms with Gasteiger partial charge >= 0.3 is 0 Å². The molecule has 2 nitrogen and oxygen atoms in total. The highest BCUT2D eigenvalue weighted by molar-refractivity contribution is 5.96. The van der Waals surface area contributed by atoms with Gasteiger partial charge in [0.25, 0.3) is 0 Å². The second kappa shape index (κ2) is 5.40. The number of aryl methyl sites for hydroxylation is 2. The SMILES string of the molecule is Cc1cccc(-c2nn(-c3ccccc3)c3c(C)cccc23)c1. The van der Waals surface area contributed by atoms with Crippen molar-refractivity contribution in [1.29, 1.82) is 0 Å². The van der Waals surface area contributed by atoms with Crippen molar-refractivity contribution in [2.75, 3.05) is 0 Å². The molecule has 0 bridgehead atoms. The number of para-hydroxylation sites is 2. The molecule has 112 valence electrons. The van der Waals surface area contributed by atoms with E-state index in [9.17, 15) is 0 Å². The molecule has 3 aromatic carbocycles. The van der Waals surface area contributed by atoms with Crippen LogP contribution in [0.15, 0.2) is 72.8 Å². The molecule has 0 saturated heterocycles. The maximum Gasteiger partial charge on any atom is 0.101 e. The topological polar surface area (TPSA) is 17.8 Å². The second-order valence-corrected chi connectivity index (χ2v) is 5.94. The molecule has 0 aliphatic heterocycles. The van der Waals surface area contributed by atoms with E-state index in [4.69, 9.17) is 5.10 Å². The molecular weight excluding hydrogens is 280 g/mol. The van der Waals surface area contributed by atoms with Gasteiger partial charge in [0, 0.05) is 10.9 Å². The molecular formula is C21H18N2. The van der Waals surface area contributed by atoms with Crippen molar-refractivity contribution in [1.82, 2.24) is 9.78 Å². The molecule has 0 amide bonds. The first-order valence-electron chi connectivity index (χ1n) is 7.85. The van der Waals surface area contributed by atoms with Gasteiger partial charge in [-0.2, -0.15) is 5.10 Å². The van der Waals surface area contributed by atoms with E-state index in [0.717, 1.165) is 16.9 Å². The van der Waals surface area contributed by atoms with Crippen LogP contribution in [0.3, 0.4) is 0 Å². The minimum Gasteiger partial charge on any atom is -0.232 e. The summed E-state index contributed by atoms with van der Waals surface area (Å²) < 4.78 is 2.06. The van der Waals surface area contributed by atoms with E-state index in [1.807, 2.05) is 18.2 Å². The van der Waals surface area contributed by atoms with Gasteiger partial charge in [-0.05, 0) is 37.6 Å². The van der Waals surface area contributed by atoms with Crippen molar-refractivity contribution < 1.29 is 0 Å². The summed E-state index contributed by atoms with van der Waals surface area (Å²) in [5, 5.41) is 6.14. The molecule has 1 aromatic heterocycles. The molecule has 1 heterocycles. The van der Waals surface area contributed by atoms with Crippen molar-refractivity contribution in [2.24, 2.45) is 0 Å². The van der Waals surface area contributed by atoms with Crippen LogP contribution in [0.5, 0.6) is 0 Å². The molecule has 4 rings (SSSR count). The summed E-state index contributed by atoms with van der Waals surface area (Å²) in [6.45, 7) is 4.26. The summed E-state index contributed by atoms with van der Waals surface area (Å²) in [6.07, 6.45) is 0. The van der Waals surface area contributed by atoms with Gasteiger partial charge in [0.2, 0.25) is 0 Å². The molecule has 0 atom stereocenters. The number of hydrogen-bond donors (Lipinski definition) is 0. The van der Waals surface area contributed by atoms with E-state index in [1.54, 1.807) is 0 Å². The van der Waals surface area contributed by atoms with Crippen molar-refractivity contribution in [3.63, 3.8) is 0 Å². The summed E-state index contributed by atoms with van der Waals surface area (Å²) in [4.78, 5) is 0. The Kier molecular flexibility index (Phi) is 3.23. The molecule has 23 heavy (non-hydrogen) atoms. The summed E-state index contributed by atoms with van der Waals surface area (Å²) >= 11 is 0. The monoisotopic (exact) mass is 298 g/mol. The number of aromatic nitrogens is 2. The maximum atomic E-state index is 4.95. The molecule has 0 saturated carbocycles. The largest absolute Gasteiger partial charge is 0.232 e. The lowest BCUT2D eigenvalue weighted by Crippen LogP contribution is -1.97. The van der Waals surface area contributed by atoms with Gasteiger partial charge in [-0.3, -0.25) is 0 Å². The standard InChI is InChI=1S/C21H18N2/c1-15-8-6-10-17(14-15)20-19-13-7-9-16(2)21(19)23(22-20)18-11-4-3-5-12-18/h3-14H,1-2H3. The van der Waals surface area contributed by atoms with Crippen LogP contribution in [0.1, 0.15) is 11.1 Å². The highest BCUT2D eigenvalue weighted by Crippen LogP contribution is 2.31. The first-order chi connectivity index (χ1) is 11.2. The van der Waals surface area contributed by atoms with Crippen LogP contribution in [-0.2, 0) is 0 Å². The molecule has 0 radical (unpaired) electrons. The van der Waals surface area contributed by atoms with Gasteiger partial charge in [-0.1, -0.05) is 60.2 Å². The minimum atomic E-state index is 1.04. The second-order valence-electron chi connectivity index (χ2n) is 5.94. The van der Waals surface area contributed by atoms with Crippen LogP contribution in [0.2, 0.25) is 0 Å². The first kappa shape index (κ1) is 13.8. The van der Waals surface area contributed by atoms with Gasteiger partial charge < -0.3 is 0 Å². The van der Waals surface area contributed by atoms with Crippen LogP contribution in [-0.4, -0.2) is 9.78 Å². The number of nitrogens with zero attached hydrogens (tertiary/aromatic N) is 2. The Bertz CT molecular complexity index is 981. The molecule has 0 aliphatic carbocycles. The van der Waals surface area contributed by atoms with Gasteiger partial charge in [0.15, 0.2) is 0 Å². The molecule has 0 spiro atoms. The van der Waals surface area contributed by atoms with E-state index in [2.05, 4.69) is 73.1 Å². The maximum absolute atomic E-state index is 4.95. The van der Waals surface area contributed by atoms with E-state index in [-0.39, 0.29) is 0 Å². The Balaban J connectivity index is 2.06.